The molecule has 0 amide bonds. The lowest BCUT2D eigenvalue weighted by Gasteiger charge is -2.52. The Morgan fingerprint density at radius 1 is 1.42 bits per heavy atom. The summed E-state index contributed by atoms with van der Waals surface area (Å²) in [5.74, 6) is -0.383. The van der Waals surface area contributed by atoms with Crippen LogP contribution in [-0.4, -0.2) is 50.4 Å². The van der Waals surface area contributed by atoms with Gasteiger partial charge in [0.1, 0.15) is 11.9 Å². The molecule has 0 heterocycles. The minimum absolute atomic E-state index is 0.125. The number of hydrogen-bond acceptors (Lipinski definition) is 6. The second kappa shape index (κ2) is 5.36. The molecule has 106 valence electrons. The van der Waals surface area contributed by atoms with Crippen molar-refractivity contribution in [3.05, 3.63) is 12.2 Å². The largest absolute Gasteiger partial charge is 0.369 e. The first-order valence-corrected chi connectivity index (χ1v) is 6.97. The van der Waals surface area contributed by atoms with Gasteiger partial charge in [-0.15, -0.1) is 0 Å². The van der Waals surface area contributed by atoms with E-state index >= 15 is 0 Å². The molecule has 3 rings (SSSR count). The molecule has 0 unspecified atom stereocenters. The topological polar surface area (TPSA) is 61.8 Å². The third kappa shape index (κ3) is 1.89. The minimum Gasteiger partial charge on any atom is -0.369 e. The highest BCUT2D eigenvalue weighted by atomic mass is 32.2. The van der Waals surface area contributed by atoms with Crippen molar-refractivity contribution >= 4 is 24.1 Å². The zero-order valence-electron chi connectivity index (χ0n) is 11.3. The summed E-state index contributed by atoms with van der Waals surface area (Å²) in [5, 5.41) is 0. The molecule has 3 aliphatic rings. The Bertz CT molecular complexity index is 410. The number of hydrogen-bond donors (Lipinski definition) is 0. The van der Waals surface area contributed by atoms with Crippen molar-refractivity contribution in [2.75, 3.05) is 27.1 Å². The van der Waals surface area contributed by atoms with Crippen molar-refractivity contribution in [2.45, 2.75) is 17.6 Å². The van der Waals surface area contributed by atoms with Gasteiger partial charge in [0.05, 0.1) is 18.8 Å². The summed E-state index contributed by atoms with van der Waals surface area (Å²) in [6, 6.07) is 0. The number of methoxy groups -OCH3 is 2. The number of Topliss-reactive ketones (excluding diaryl/α,β-unsaturated/α-hetero) is 1. The Balaban J connectivity index is 2.44. The van der Waals surface area contributed by atoms with Crippen molar-refractivity contribution in [1.82, 2.24) is 0 Å². The highest BCUT2D eigenvalue weighted by molar-refractivity contribution is 7.94. The number of ether oxygens (including phenoxy) is 2. The molecule has 4 atom stereocenters. The maximum atomic E-state index is 12.8. The van der Waals surface area contributed by atoms with Crippen LogP contribution in [-0.2, 0) is 23.2 Å². The van der Waals surface area contributed by atoms with Gasteiger partial charge in [0, 0.05) is 20.1 Å². The molecule has 0 aromatic carbocycles. The van der Waals surface area contributed by atoms with E-state index in [4.69, 9.17) is 13.7 Å². The summed E-state index contributed by atoms with van der Waals surface area (Å²) in [7, 11) is 4.52. The molecule has 0 aromatic heterocycles. The fraction of sp³-hybridized carbons (Fsp3) is 0.692. The van der Waals surface area contributed by atoms with Gasteiger partial charge < -0.3 is 18.5 Å². The van der Waals surface area contributed by atoms with Gasteiger partial charge in [0.2, 0.25) is 5.78 Å². The van der Waals surface area contributed by atoms with Gasteiger partial charge in [-0.2, -0.15) is 0 Å². The number of ketones is 1. The average molecular weight is 286 g/mol. The minimum atomic E-state index is -1.19. The third-order valence-corrected chi connectivity index (χ3v) is 5.01. The highest BCUT2D eigenvalue weighted by Gasteiger charge is 2.64. The summed E-state index contributed by atoms with van der Waals surface area (Å²) in [6.45, 7) is 0. The van der Waals surface area contributed by atoms with Crippen molar-refractivity contribution in [2.24, 2.45) is 11.8 Å². The molecule has 1 saturated carbocycles. The Morgan fingerprint density at radius 3 is 2.68 bits per heavy atom. The number of fused-ring (bicyclic) bond motifs is 2. The summed E-state index contributed by atoms with van der Waals surface area (Å²) in [5.41, 5.74) is -2.17. The van der Waals surface area contributed by atoms with Crippen LogP contribution in [0.2, 0.25) is 0 Å². The molecule has 19 heavy (non-hydrogen) atoms. The second-order valence-corrected chi connectivity index (χ2v) is 5.65. The second-order valence-electron chi connectivity index (χ2n) is 4.79. The molecule has 0 radical (unpaired) electrons. The van der Waals surface area contributed by atoms with Crippen LogP contribution in [0.5, 0.6) is 0 Å². The van der Waals surface area contributed by atoms with E-state index in [-0.39, 0.29) is 11.7 Å². The molecule has 0 aromatic rings. The van der Waals surface area contributed by atoms with Crippen LogP contribution < -0.4 is 0 Å². The lowest BCUT2D eigenvalue weighted by molar-refractivity contribution is -0.182. The lowest BCUT2D eigenvalue weighted by atomic mass is 9.58. The van der Waals surface area contributed by atoms with E-state index in [1.165, 1.54) is 26.3 Å². The molecule has 6 heteroatoms. The normalized spacial score (nSPS) is 40.7. The predicted molar refractivity (Wildman–Crippen MR) is 70.8 cm³/mol. The zero-order chi connectivity index (χ0) is 14.1. The van der Waals surface area contributed by atoms with Crippen LogP contribution in [0, 0.1) is 11.8 Å². The van der Waals surface area contributed by atoms with Crippen LogP contribution in [0.3, 0.4) is 0 Å². The molecule has 0 saturated heterocycles. The van der Waals surface area contributed by atoms with Crippen molar-refractivity contribution in [3.63, 3.8) is 0 Å². The first kappa shape index (κ1) is 14.7. The Morgan fingerprint density at radius 2 is 2.16 bits per heavy atom. The molecule has 1 fully saturated rings. The van der Waals surface area contributed by atoms with Crippen molar-refractivity contribution in [3.8, 4) is 0 Å². The van der Waals surface area contributed by atoms with Gasteiger partial charge in [-0.1, -0.05) is 6.08 Å². The number of carbonyl (C=O) groups is 2. The number of rotatable bonds is 6. The summed E-state index contributed by atoms with van der Waals surface area (Å²) in [6.07, 6.45) is 4.99. The van der Waals surface area contributed by atoms with Gasteiger partial charge in [-0.05, 0) is 24.5 Å². The monoisotopic (exact) mass is 286 g/mol. The number of aldehydes is 1. The summed E-state index contributed by atoms with van der Waals surface area (Å²) in [4.78, 5) is 24.1. The quantitative estimate of drug-likeness (QED) is 0.413. The van der Waals surface area contributed by atoms with Crippen molar-refractivity contribution in [1.29, 1.82) is 0 Å². The molecule has 0 aliphatic heterocycles. The van der Waals surface area contributed by atoms with E-state index in [9.17, 15) is 9.59 Å². The van der Waals surface area contributed by atoms with E-state index < -0.39 is 17.1 Å². The fourth-order valence-electron chi connectivity index (χ4n) is 3.09. The average Bonchev–Trinajstić information content (AvgIpc) is 2.47. The zero-order valence-corrected chi connectivity index (χ0v) is 12.1. The van der Waals surface area contributed by atoms with E-state index in [1.54, 1.807) is 13.2 Å². The maximum absolute atomic E-state index is 12.8. The van der Waals surface area contributed by atoms with Gasteiger partial charge >= 0.3 is 0 Å². The Labute approximate surface area is 116 Å². The van der Waals surface area contributed by atoms with Crippen LogP contribution >= 0.6 is 12.0 Å². The maximum Gasteiger partial charge on any atom is 0.202 e. The molecule has 0 spiro atoms. The fourth-order valence-corrected chi connectivity index (χ4v) is 3.85. The first-order valence-electron chi connectivity index (χ1n) is 6.06. The Hall–Kier alpha value is -0.690. The number of carbonyl (C=O) groups excluding carboxylic acids is 2. The van der Waals surface area contributed by atoms with Crippen molar-refractivity contribution < 1.29 is 23.2 Å². The SMILES string of the molecule is COSC[C@@]1(OC)C(=O)[C@@]2(OC)C=C[C@@H]1C[C@@H]2C=O. The lowest BCUT2D eigenvalue weighted by Crippen LogP contribution is -2.68. The van der Waals surface area contributed by atoms with Crippen LogP contribution in [0.25, 0.3) is 0 Å². The summed E-state index contributed by atoms with van der Waals surface area (Å²) >= 11 is 1.18. The van der Waals surface area contributed by atoms with Crippen LogP contribution in [0.4, 0.5) is 0 Å². The first-order chi connectivity index (χ1) is 9.11. The molecular weight excluding hydrogens is 268 g/mol. The molecule has 5 nitrogen and oxygen atoms in total. The van der Waals surface area contributed by atoms with Gasteiger partial charge in [0.25, 0.3) is 0 Å². The summed E-state index contributed by atoms with van der Waals surface area (Å²) < 4.78 is 16.0. The van der Waals surface area contributed by atoms with Gasteiger partial charge in [-0.25, -0.2) is 0 Å². The predicted octanol–water partition coefficient (Wildman–Crippen LogP) is 1.03. The highest BCUT2D eigenvalue weighted by Crippen LogP contribution is 2.50. The van der Waals surface area contributed by atoms with E-state index in [2.05, 4.69) is 0 Å². The Kier molecular flexibility index (Phi) is 4.15. The van der Waals surface area contributed by atoms with E-state index in [1.807, 2.05) is 6.08 Å². The molecule has 2 bridgehead atoms. The van der Waals surface area contributed by atoms with Crippen LogP contribution in [0.1, 0.15) is 6.42 Å². The molecular formula is C13H18O5S. The molecule has 3 aliphatic carbocycles. The van der Waals surface area contributed by atoms with Crippen LogP contribution in [0.15, 0.2) is 12.2 Å². The molecule has 0 N–H and O–H groups in total. The van der Waals surface area contributed by atoms with Gasteiger partial charge in [0.15, 0.2) is 5.60 Å². The smallest absolute Gasteiger partial charge is 0.202 e. The van der Waals surface area contributed by atoms with E-state index in [0.717, 1.165) is 6.29 Å². The standard InChI is InChI=1S/C13H18O5S/c1-16-12-5-4-9(6-10(12)7-14)13(17-2,11(12)15)8-19-18-3/h4-5,7,9-10H,6,8H2,1-3H3/t9-,10-,12-,13+/m1/s1. The van der Waals surface area contributed by atoms with Gasteiger partial charge in [-0.3, -0.25) is 4.79 Å². The van der Waals surface area contributed by atoms with E-state index in [0.29, 0.717) is 12.2 Å². The third-order valence-electron chi connectivity index (χ3n) is 4.23.